The van der Waals surface area contributed by atoms with E-state index in [4.69, 9.17) is 18.9 Å². The highest BCUT2D eigenvalue weighted by Gasteiger charge is 2.41. The summed E-state index contributed by atoms with van der Waals surface area (Å²) in [6, 6.07) is 5.24. The van der Waals surface area contributed by atoms with Crippen molar-refractivity contribution in [3.63, 3.8) is 0 Å². The van der Waals surface area contributed by atoms with Crippen LogP contribution in [0.5, 0.6) is 11.5 Å². The molecule has 0 spiro atoms. The minimum atomic E-state index is -0.697. The van der Waals surface area contributed by atoms with Crippen LogP contribution in [0.1, 0.15) is 18.6 Å². The van der Waals surface area contributed by atoms with Crippen LogP contribution in [0.3, 0.4) is 0 Å². The molecule has 0 saturated carbocycles. The van der Waals surface area contributed by atoms with Crippen LogP contribution >= 0.6 is 0 Å². The summed E-state index contributed by atoms with van der Waals surface area (Å²) in [5.41, 5.74) is 0.684. The van der Waals surface area contributed by atoms with Gasteiger partial charge < -0.3 is 23.8 Å². The third-order valence-corrected chi connectivity index (χ3v) is 3.69. The van der Waals surface area contributed by atoms with Crippen molar-refractivity contribution in [3.05, 3.63) is 23.8 Å². The molecule has 1 saturated heterocycles. The van der Waals surface area contributed by atoms with E-state index < -0.39 is 18.1 Å². The molecular formula is C15H17NO6. The second-order valence-electron chi connectivity index (χ2n) is 5.16. The van der Waals surface area contributed by atoms with Crippen molar-refractivity contribution < 1.29 is 28.5 Å². The quantitative estimate of drug-likeness (QED) is 0.792. The molecule has 0 N–H and O–H groups in total. The molecule has 1 aromatic carbocycles. The molecule has 0 radical (unpaired) electrons. The summed E-state index contributed by atoms with van der Waals surface area (Å²) in [4.78, 5) is 25.4. The number of ether oxygens (including phenoxy) is 4. The normalized spacial score (nSPS) is 23.2. The summed E-state index contributed by atoms with van der Waals surface area (Å²) in [5, 5.41) is 0. The minimum Gasteiger partial charge on any atom is -0.466 e. The van der Waals surface area contributed by atoms with E-state index in [0.29, 0.717) is 17.1 Å². The number of amides is 1. The van der Waals surface area contributed by atoms with E-state index in [-0.39, 0.29) is 25.9 Å². The van der Waals surface area contributed by atoms with Crippen molar-refractivity contribution in [3.8, 4) is 11.5 Å². The third-order valence-electron chi connectivity index (χ3n) is 3.69. The molecule has 1 amide bonds. The summed E-state index contributed by atoms with van der Waals surface area (Å²) >= 11 is 0. The average molecular weight is 307 g/mol. The number of nitrogens with zero attached hydrogens (tertiary/aromatic N) is 1. The predicted octanol–water partition coefficient (Wildman–Crippen LogP) is 1.72. The lowest BCUT2D eigenvalue weighted by molar-refractivity contribution is -0.155. The summed E-state index contributed by atoms with van der Waals surface area (Å²) in [6.45, 7) is 2.43. The van der Waals surface area contributed by atoms with Crippen molar-refractivity contribution in [1.29, 1.82) is 0 Å². The van der Waals surface area contributed by atoms with E-state index in [0.717, 1.165) is 0 Å². The fourth-order valence-electron chi connectivity index (χ4n) is 2.58. The largest absolute Gasteiger partial charge is 0.466 e. The first-order valence-electron chi connectivity index (χ1n) is 7.08. The molecule has 2 atom stereocenters. The maximum atomic E-state index is 12.2. The van der Waals surface area contributed by atoms with Crippen molar-refractivity contribution in [2.75, 3.05) is 27.0 Å². The van der Waals surface area contributed by atoms with Crippen LogP contribution in [-0.4, -0.2) is 44.0 Å². The number of cyclic esters (lactones) is 1. The summed E-state index contributed by atoms with van der Waals surface area (Å²) < 4.78 is 21.1. The number of fused-ring (bicyclic) bond motifs is 1. The maximum Gasteiger partial charge on any atom is 0.410 e. The molecule has 7 nitrogen and oxygen atoms in total. The van der Waals surface area contributed by atoms with E-state index >= 15 is 0 Å². The fraction of sp³-hybridized carbons (Fsp3) is 0.467. The molecule has 0 unspecified atom stereocenters. The number of esters is 1. The lowest BCUT2D eigenvalue weighted by Gasteiger charge is -2.35. The Morgan fingerprint density at radius 1 is 1.36 bits per heavy atom. The Balaban J connectivity index is 1.90. The van der Waals surface area contributed by atoms with Gasteiger partial charge in [-0.3, -0.25) is 4.79 Å². The Kier molecular flexibility index (Phi) is 3.79. The molecule has 2 heterocycles. The molecular weight excluding hydrogens is 290 g/mol. The van der Waals surface area contributed by atoms with Gasteiger partial charge in [0.1, 0.15) is 12.0 Å². The molecule has 0 aromatic heterocycles. The van der Waals surface area contributed by atoms with Crippen LogP contribution in [0.15, 0.2) is 18.2 Å². The summed E-state index contributed by atoms with van der Waals surface area (Å²) in [6.07, 6.45) is -1.17. The van der Waals surface area contributed by atoms with Gasteiger partial charge in [0.25, 0.3) is 0 Å². The van der Waals surface area contributed by atoms with Gasteiger partial charge >= 0.3 is 12.1 Å². The van der Waals surface area contributed by atoms with E-state index in [1.54, 1.807) is 32.2 Å². The number of carbonyl (C=O) groups is 2. The minimum absolute atomic E-state index is 0.160. The Labute approximate surface area is 127 Å². The number of carbonyl (C=O) groups excluding carboxylic acids is 2. The number of rotatable bonds is 3. The number of benzene rings is 1. The van der Waals surface area contributed by atoms with Crippen molar-refractivity contribution in [2.45, 2.75) is 13.0 Å². The number of hydrogen-bond acceptors (Lipinski definition) is 6. The summed E-state index contributed by atoms with van der Waals surface area (Å²) in [5.74, 6) is 0.248. The van der Waals surface area contributed by atoms with Crippen LogP contribution in [0, 0.1) is 5.92 Å². The molecule has 1 aromatic rings. The van der Waals surface area contributed by atoms with Crippen LogP contribution in [0.4, 0.5) is 4.79 Å². The van der Waals surface area contributed by atoms with Crippen LogP contribution in [-0.2, 0) is 14.3 Å². The molecule has 2 aliphatic heterocycles. The highest BCUT2D eigenvalue weighted by atomic mass is 16.7. The second-order valence-corrected chi connectivity index (χ2v) is 5.16. The topological polar surface area (TPSA) is 74.3 Å². The monoisotopic (exact) mass is 307 g/mol. The lowest BCUT2D eigenvalue weighted by Crippen LogP contribution is -2.45. The van der Waals surface area contributed by atoms with Gasteiger partial charge in [0.15, 0.2) is 11.5 Å². The smallest absolute Gasteiger partial charge is 0.410 e. The van der Waals surface area contributed by atoms with Gasteiger partial charge in [0.05, 0.1) is 6.61 Å². The van der Waals surface area contributed by atoms with Crippen LogP contribution in [0.2, 0.25) is 0 Å². The second kappa shape index (κ2) is 5.75. The molecule has 0 bridgehead atoms. The Morgan fingerprint density at radius 3 is 2.91 bits per heavy atom. The molecule has 2 aliphatic rings. The summed E-state index contributed by atoms with van der Waals surface area (Å²) in [7, 11) is 1.59. The van der Waals surface area contributed by atoms with Crippen molar-refractivity contribution >= 4 is 12.1 Å². The lowest BCUT2D eigenvalue weighted by atomic mass is 9.93. The molecule has 22 heavy (non-hydrogen) atoms. The van der Waals surface area contributed by atoms with E-state index in [1.807, 2.05) is 0 Å². The molecule has 1 fully saturated rings. The van der Waals surface area contributed by atoms with Gasteiger partial charge in [-0.1, -0.05) is 6.07 Å². The highest BCUT2D eigenvalue weighted by Crippen LogP contribution is 2.39. The Bertz CT molecular complexity index is 602. The van der Waals surface area contributed by atoms with Gasteiger partial charge in [0.2, 0.25) is 6.79 Å². The highest BCUT2D eigenvalue weighted by molar-refractivity contribution is 5.78. The zero-order valence-electron chi connectivity index (χ0n) is 12.4. The first-order valence-corrected chi connectivity index (χ1v) is 7.08. The zero-order chi connectivity index (χ0) is 15.7. The van der Waals surface area contributed by atoms with Gasteiger partial charge in [-0.25, -0.2) is 4.79 Å². The van der Waals surface area contributed by atoms with E-state index in [1.165, 1.54) is 4.90 Å². The van der Waals surface area contributed by atoms with Gasteiger partial charge in [0, 0.05) is 13.6 Å². The van der Waals surface area contributed by atoms with Gasteiger partial charge in [-0.05, 0) is 24.6 Å². The Morgan fingerprint density at radius 2 is 2.14 bits per heavy atom. The first-order chi connectivity index (χ1) is 10.6. The van der Waals surface area contributed by atoms with Crippen molar-refractivity contribution in [2.24, 2.45) is 5.92 Å². The standard InChI is InChI=1S/C15H17NO6/c1-3-19-14(17)10-7-16(2)15(18)22-13(10)9-4-5-11-12(6-9)21-8-20-11/h4-6,10,13H,3,7-8H2,1-2H3/t10-,13+/m0/s1. The average Bonchev–Trinajstić information content (AvgIpc) is 2.97. The first kappa shape index (κ1) is 14.5. The zero-order valence-corrected chi connectivity index (χ0v) is 12.4. The fourth-order valence-corrected chi connectivity index (χ4v) is 2.58. The van der Waals surface area contributed by atoms with E-state index in [2.05, 4.69) is 0 Å². The van der Waals surface area contributed by atoms with Crippen LogP contribution in [0.25, 0.3) is 0 Å². The molecule has 0 aliphatic carbocycles. The SMILES string of the molecule is CCOC(=O)[C@H]1CN(C)C(=O)O[C@@H]1c1ccc2c(c1)OCO2. The van der Waals surface area contributed by atoms with Crippen LogP contribution < -0.4 is 9.47 Å². The predicted molar refractivity (Wildman–Crippen MR) is 74.5 cm³/mol. The molecule has 3 rings (SSSR count). The van der Waals surface area contributed by atoms with E-state index in [9.17, 15) is 9.59 Å². The maximum absolute atomic E-state index is 12.2. The van der Waals surface area contributed by atoms with Gasteiger partial charge in [-0.15, -0.1) is 0 Å². The third kappa shape index (κ3) is 2.54. The van der Waals surface area contributed by atoms with Crippen molar-refractivity contribution in [1.82, 2.24) is 4.90 Å². The Hall–Kier alpha value is -2.44. The molecule has 7 heteroatoms. The number of hydrogen-bond donors (Lipinski definition) is 0. The van der Waals surface area contributed by atoms with Gasteiger partial charge in [-0.2, -0.15) is 0 Å². The molecule has 118 valence electrons.